The van der Waals surface area contributed by atoms with Crippen LogP contribution in [0, 0.1) is 11.6 Å². The van der Waals surface area contributed by atoms with Crippen LogP contribution in [0.2, 0.25) is 0 Å². The van der Waals surface area contributed by atoms with Crippen LogP contribution in [0.3, 0.4) is 0 Å². The molecule has 2 atom stereocenters. The average molecular weight is 914 g/mol. The first kappa shape index (κ1) is 51.1. The van der Waals surface area contributed by atoms with E-state index in [1.807, 2.05) is 82.3 Å². The van der Waals surface area contributed by atoms with Gasteiger partial charge in [0.2, 0.25) is 6.10 Å². The fraction of sp³-hybridized carbons (Fsp3) is 0.191. The monoisotopic (exact) mass is 912 g/mol. The maximum Gasteiger partial charge on any atom is 0.349 e. The molecule has 0 fully saturated rings. The van der Waals surface area contributed by atoms with Crippen molar-refractivity contribution in [1.29, 1.82) is 0 Å². The maximum absolute atomic E-state index is 13.9. The fourth-order valence-corrected chi connectivity index (χ4v) is 5.71. The molecule has 326 valence electrons. The number of phenols is 1. The van der Waals surface area contributed by atoms with Gasteiger partial charge in [-0.1, -0.05) is 143 Å². The first-order chi connectivity index (χ1) is 29.1. The van der Waals surface area contributed by atoms with Crippen LogP contribution in [0.1, 0.15) is 64.6 Å². The van der Waals surface area contributed by atoms with Gasteiger partial charge in [0.15, 0.2) is 0 Å². The van der Waals surface area contributed by atoms with E-state index in [0.717, 1.165) is 5.56 Å². The number of hydrogen-bond donors (Lipinski definition) is 2. The third kappa shape index (κ3) is 13.5. The summed E-state index contributed by atoms with van der Waals surface area (Å²) in [6, 6.07) is 39.9. The van der Waals surface area contributed by atoms with E-state index < -0.39 is 23.7 Å². The van der Waals surface area contributed by atoms with Crippen LogP contribution >= 0.6 is 15.9 Å². The molecule has 12 nitrogen and oxygen atoms in total. The zero-order valence-corrected chi connectivity index (χ0v) is 34.9. The Balaban J connectivity index is 0.000000326. The number of methoxy groups -OCH3 is 1. The third-order valence-corrected chi connectivity index (χ3v) is 8.84. The predicted molar refractivity (Wildman–Crippen MR) is 243 cm³/mol. The Morgan fingerprint density at radius 3 is 1.42 bits per heavy atom. The molecular weight excluding hydrogens is 862 g/mol. The summed E-state index contributed by atoms with van der Waals surface area (Å²) in [5, 5.41) is 36.2. The number of carboxylic acid groups (broad SMARTS) is 1. The highest BCUT2D eigenvalue weighted by molar-refractivity contribution is 9.09. The van der Waals surface area contributed by atoms with E-state index in [-0.39, 0.29) is 48.5 Å². The van der Waals surface area contributed by atoms with Crippen molar-refractivity contribution in [2.45, 2.75) is 53.5 Å². The number of carbonyl (C=O) groups is 2. The molecule has 0 amide bonds. The molecule has 2 unspecified atom stereocenters. The molecule has 15 heteroatoms. The summed E-state index contributed by atoms with van der Waals surface area (Å²) in [7, 11) is 1.37. The Morgan fingerprint density at radius 2 is 0.984 bits per heavy atom. The number of alkyl halides is 1. The average Bonchev–Trinajstić information content (AvgIpc) is 3.94. The summed E-state index contributed by atoms with van der Waals surface area (Å²) < 4.78 is 37.3. The topological polar surface area (TPSA) is 154 Å². The van der Waals surface area contributed by atoms with Crippen LogP contribution in [0.25, 0.3) is 33.4 Å². The van der Waals surface area contributed by atoms with Crippen LogP contribution in [-0.4, -0.2) is 59.2 Å². The van der Waals surface area contributed by atoms with Crippen LogP contribution in [0.15, 0.2) is 146 Å². The summed E-state index contributed by atoms with van der Waals surface area (Å²) in [5.41, 5.74) is 4.46. The van der Waals surface area contributed by atoms with Crippen molar-refractivity contribution in [3.63, 3.8) is 0 Å². The van der Waals surface area contributed by atoms with Crippen molar-refractivity contribution >= 4 is 49.9 Å². The molecule has 0 saturated heterocycles. The Kier molecular flexibility index (Phi) is 21.1. The van der Waals surface area contributed by atoms with E-state index in [1.165, 1.54) is 53.1 Å². The second-order valence-electron chi connectivity index (χ2n) is 11.7. The van der Waals surface area contributed by atoms with Gasteiger partial charge in [0.1, 0.15) is 61.4 Å². The standard InChI is InChI=1S/C20H14FN3O3.C12H8FN3O.C9H9BrO2.2C2H6.2CH4/c21-14-10-11-18(27-19(20(25)26)13-6-2-1-3-7-13)17(12-14)24-22-15-8-4-5-9-16(15)23-24;13-8-5-6-12(17)11(7-8)16-14-9-3-1-2-4-10(9)15-16;1-12-9(11)8(10)7-5-3-2-4-6-7;2*1-2;;/h1-12,19H,(H,25,26);1-7,17H;2-6,8H,1H3;2*1-2H3;2*1H4. The molecule has 0 saturated carbocycles. The minimum absolute atomic E-state index is 0. The van der Waals surface area contributed by atoms with E-state index in [1.54, 1.807) is 54.6 Å². The molecule has 0 aliphatic carbocycles. The number of benzene rings is 6. The lowest BCUT2D eigenvalue weighted by atomic mass is 10.1. The number of aromatic hydroxyl groups is 1. The number of ether oxygens (including phenoxy) is 2. The number of rotatable bonds is 8. The van der Waals surface area contributed by atoms with E-state index in [4.69, 9.17) is 4.74 Å². The number of hydrogen-bond acceptors (Lipinski definition) is 9. The number of esters is 1. The molecule has 0 radical (unpaired) electrons. The molecule has 2 aromatic heterocycles. The zero-order chi connectivity index (χ0) is 43.6. The van der Waals surface area contributed by atoms with Gasteiger partial charge >= 0.3 is 11.9 Å². The Hall–Kier alpha value is -7.00. The number of fused-ring (bicyclic) bond motifs is 2. The van der Waals surface area contributed by atoms with Gasteiger partial charge in [-0.25, -0.2) is 13.6 Å². The van der Waals surface area contributed by atoms with Gasteiger partial charge in [-0.2, -0.15) is 0 Å². The number of phenolic OH excluding ortho intramolecular Hbond substituents is 1. The van der Waals surface area contributed by atoms with Crippen molar-refractivity contribution in [3.05, 3.63) is 168 Å². The van der Waals surface area contributed by atoms with E-state index in [2.05, 4.69) is 41.1 Å². The quantitative estimate of drug-likeness (QED) is 0.111. The van der Waals surface area contributed by atoms with E-state index >= 15 is 0 Å². The lowest BCUT2D eigenvalue weighted by molar-refractivity contribution is -0.145. The van der Waals surface area contributed by atoms with Crippen molar-refractivity contribution in [2.75, 3.05) is 7.11 Å². The Labute approximate surface area is 368 Å². The minimum atomic E-state index is -1.25. The number of carbonyl (C=O) groups excluding carboxylic acids is 1. The number of halogens is 3. The van der Waals surface area contributed by atoms with Crippen molar-refractivity contribution in [2.24, 2.45) is 0 Å². The summed E-state index contributed by atoms with van der Waals surface area (Å²) >= 11 is 3.24. The molecule has 0 spiro atoms. The number of aromatic nitrogens is 6. The van der Waals surface area contributed by atoms with Crippen LogP contribution in [0.5, 0.6) is 11.5 Å². The highest BCUT2D eigenvalue weighted by atomic mass is 79.9. The molecule has 0 aliphatic rings. The minimum Gasteiger partial charge on any atom is -0.506 e. The molecule has 6 aromatic carbocycles. The normalized spacial score (nSPS) is 10.8. The maximum atomic E-state index is 13.9. The SMILES string of the molecule is C.C.CC.CC.COC(=O)C(Br)c1ccccc1.O=C(O)C(Oc1ccc(F)cc1-n1nc2ccccc2n1)c1ccccc1.Oc1ccc(F)cc1-n1nc2ccccc2n1. The van der Waals surface area contributed by atoms with Gasteiger partial charge in [-0.05, 0) is 54.1 Å². The van der Waals surface area contributed by atoms with Gasteiger partial charge < -0.3 is 19.7 Å². The van der Waals surface area contributed by atoms with E-state index in [0.29, 0.717) is 27.6 Å². The molecule has 2 heterocycles. The zero-order valence-electron chi connectivity index (χ0n) is 33.4. The van der Waals surface area contributed by atoms with Crippen molar-refractivity contribution < 1.29 is 38.1 Å². The van der Waals surface area contributed by atoms with Gasteiger partial charge in [-0.15, -0.1) is 30.0 Å². The molecule has 2 N–H and O–H groups in total. The summed E-state index contributed by atoms with van der Waals surface area (Å²) in [6.45, 7) is 8.00. The van der Waals surface area contributed by atoms with Gasteiger partial charge in [0, 0.05) is 17.7 Å². The van der Waals surface area contributed by atoms with E-state index in [9.17, 15) is 28.6 Å². The summed E-state index contributed by atoms with van der Waals surface area (Å²) in [4.78, 5) is 24.9. The number of nitrogens with zero attached hydrogens (tertiary/aromatic N) is 6. The predicted octanol–water partition coefficient (Wildman–Crippen LogP) is 11.6. The summed E-state index contributed by atoms with van der Waals surface area (Å²) in [6.07, 6.45) is -1.25. The smallest absolute Gasteiger partial charge is 0.349 e. The number of carboxylic acids is 1. The molecule has 8 rings (SSSR count). The Bertz CT molecular complexity index is 2530. The molecule has 62 heavy (non-hydrogen) atoms. The van der Waals surface area contributed by atoms with Gasteiger partial charge in [0.25, 0.3) is 0 Å². The molecule has 8 aromatic rings. The van der Waals surface area contributed by atoms with Crippen LogP contribution in [-0.2, 0) is 14.3 Å². The lowest BCUT2D eigenvalue weighted by Crippen LogP contribution is -2.19. The largest absolute Gasteiger partial charge is 0.506 e. The molecule has 0 aliphatic heterocycles. The van der Waals surface area contributed by atoms with Gasteiger partial charge in [-0.3, -0.25) is 4.79 Å². The Morgan fingerprint density at radius 1 is 0.597 bits per heavy atom. The fourth-order valence-electron chi connectivity index (χ4n) is 5.22. The lowest BCUT2D eigenvalue weighted by Gasteiger charge is -2.17. The highest BCUT2D eigenvalue weighted by Crippen LogP contribution is 2.30. The highest BCUT2D eigenvalue weighted by Gasteiger charge is 2.24. The number of aliphatic carboxylic acids is 1. The van der Waals surface area contributed by atoms with Crippen molar-refractivity contribution in [3.8, 4) is 22.9 Å². The summed E-state index contributed by atoms with van der Waals surface area (Å²) in [5.74, 6) is -2.29. The second-order valence-corrected chi connectivity index (χ2v) is 12.7. The first-order valence-corrected chi connectivity index (χ1v) is 19.7. The van der Waals surface area contributed by atoms with Crippen LogP contribution < -0.4 is 4.74 Å². The van der Waals surface area contributed by atoms with Crippen molar-refractivity contribution in [1.82, 2.24) is 30.0 Å². The third-order valence-electron chi connectivity index (χ3n) is 7.93. The van der Waals surface area contributed by atoms with Crippen LogP contribution in [0.4, 0.5) is 8.78 Å². The van der Waals surface area contributed by atoms with Gasteiger partial charge in [0.05, 0.1) is 7.11 Å². The molecule has 0 bridgehead atoms. The molecular formula is C47H51BrF2N6O6. The first-order valence-electron chi connectivity index (χ1n) is 18.8. The second kappa shape index (κ2) is 25.6.